The van der Waals surface area contributed by atoms with Crippen molar-refractivity contribution in [3.63, 3.8) is 0 Å². The molecule has 0 bridgehead atoms. The highest BCUT2D eigenvalue weighted by Crippen LogP contribution is 2.12. The second-order valence-corrected chi connectivity index (χ2v) is 3.40. The van der Waals surface area contributed by atoms with Crippen molar-refractivity contribution in [3.8, 4) is 0 Å². The van der Waals surface area contributed by atoms with Gasteiger partial charge >= 0.3 is 5.97 Å². The highest BCUT2D eigenvalue weighted by atomic mass is 16.5. The maximum Gasteiger partial charge on any atom is 0.330 e. The van der Waals surface area contributed by atoms with E-state index in [-0.39, 0.29) is 5.97 Å². The van der Waals surface area contributed by atoms with Crippen molar-refractivity contribution in [3.05, 3.63) is 41.0 Å². The predicted molar refractivity (Wildman–Crippen MR) is 61.6 cm³/mol. The molecule has 0 aliphatic carbocycles. The van der Waals surface area contributed by atoms with Crippen LogP contribution in [0.1, 0.15) is 23.6 Å². The fourth-order valence-corrected chi connectivity index (χ4v) is 1.41. The van der Waals surface area contributed by atoms with Gasteiger partial charge in [0, 0.05) is 6.08 Å². The van der Waals surface area contributed by atoms with Crippen molar-refractivity contribution >= 4 is 12.0 Å². The maximum absolute atomic E-state index is 10.9. The van der Waals surface area contributed by atoms with Crippen molar-refractivity contribution in [1.82, 2.24) is 0 Å². The Bertz CT molecular complexity index is 378. The summed E-state index contributed by atoms with van der Waals surface area (Å²) in [5.41, 5.74) is 3.62. The molecule has 0 radical (unpaired) electrons. The van der Waals surface area contributed by atoms with Crippen LogP contribution < -0.4 is 0 Å². The van der Waals surface area contributed by atoms with Gasteiger partial charge in [-0.1, -0.05) is 25.1 Å². The van der Waals surface area contributed by atoms with Crippen LogP contribution in [0.4, 0.5) is 0 Å². The number of rotatable bonds is 3. The van der Waals surface area contributed by atoms with E-state index in [1.165, 1.54) is 24.3 Å². The zero-order valence-corrected chi connectivity index (χ0v) is 9.41. The highest BCUT2D eigenvalue weighted by Gasteiger charge is 1.97. The van der Waals surface area contributed by atoms with Crippen LogP contribution >= 0.6 is 0 Å². The average Bonchev–Trinajstić information content (AvgIpc) is 2.27. The molecule has 1 rings (SSSR count). The number of aryl methyl sites for hydroxylation is 2. The summed E-state index contributed by atoms with van der Waals surface area (Å²) in [4.78, 5) is 10.9. The third-order valence-corrected chi connectivity index (χ3v) is 2.37. The number of carbonyl (C=O) groups excluding carboxylic acids is 1. The van der Waals surface area contributed by atoms with Gasteiger partial charge in [0.2, 0.25) is 0 Å². The number of ether oxygens (including phenoxy) is 1. The smallest absolute Gasteiger partial charge is 0.330 e. The SMILES string of the molecule is CCc1cc(/C=C/C(=O)OC)ccc1C. The molecule has 0 atom stereocenters. The first kappa shape index (κ1) is 11.5. The maximum atomic E-state index is 10.9. The van der Waals surface area contributed by atoms with Crippen molar-refractivity contribution in [1.29, 1.82) is 0 Å². The fraction of sp³-hybridized carbons (Fsp3) is 0.308. The molecule has 2 nitrogen and oxygen atoms in total. The topological polar surface area (TPSA) is 26.3 Å². The summed E-state index contributed by atoms with van der Waals surface area (Å²) in [6.07, 6.45) is 4.21. The van der Waals surface area contributed by atoms with E-state index >= 15 is 0 Å². The number of carbonyl (C=O) groups is 1. The Kier molecular flexibility index (Phi) is 4.10. The van der Waals surface area contributed by atoms with Gasteiger partial charge in [-0.3, -0.25) is 0 Å². The Balaban J connectivity index is 2.87. The van der Waals surface area contributed by atoms with E-state index in [1.54, 1.807) is 6.08 Å². The molecular formula is C13H16O2. The zero-order chi connectivity index (χ0) is 11.3. The largest absolute Gasteiger partial charge is 0.466 e. The van der Waals surface area contributed by atoms with E-state index in [4.69, 9.17) is 0 Å². The lowest BCUT2D eigenvalue weighted by Gasteiger charge is -2.03. The first-order valence-corrected chi connectivity index (χ1v) is 5.03. The van der Waals surface area contributed by atoms with Gasteiger partial charge in [0.15, 0.2) is 0 Å². The Labute approximate surface area is 90.6 Å². The van der Waals surface area contributed by atoms with Crippen LogP contribution in [0.2, 0.25) is 0 Å². The third kappa shape index (κ3) is 3.24. The summed E-state index contributed by atoms with van der Waals surface area (Å²) in [5.74, 6) is -0.325. The van der Waals surface area contributed by atoms with Gasteiger partial charge in [0.1, 0.15) is 0 Å². The third-order valence-electron chi connectivity index (χ3n) is 2.37. The molecule has 0 aliphatic rings. The van der Waals surface area contributed by atoms with Crippen LogP contribution in [-0.2, 0) is 16.0 Å². The van der Waals surface area contributed by atoms with Crippen molar-refractivity contribution in [2.45, 2.75) is 20.3 Å². The van der Waals surface area contributed by atoms with E-state index in [9.17, 15) is 4.79 Å². The Hall–Kier alpha value is -1.57. The molecule has 0 aliphatic heterocycles. The highest BCUT2D eigenvalue weighted by molar-refractivity contribution is 5.86. The van der Waals surface area contributed by atoms with Gasteiger partial charge in [-0.15, -0.1) is 0 Å². The average molecular weight is 204 g/mol. The van der Waals surface area contributed by atoms with E-state index in [1.807, 2.05) is 6.07 Å². The molecule has 15 heavy (non-hydrogen) atoms. The van der Waals surface area contributed by atoms with Gasteiger partial charge in [0.25, 0.3) is 0 Å². The van der Waals surface area contributed by atoms with E-state index < -0.39 is 0 Å². The Morgan fingerprint density at radius 2 is 2.20 bits per heavy atom. The lowest BCUT2D eigenvalue weighted by atomic mass is 10.0. The molecule has 0 amide bonds. The molecular weight excluding hydrogens is 188 g/mol. The van der Waals surface area contributed by atoms with Gasteiger partial charge in [-0.2, -0.15) is 0 Å². The van der Waals surface area contributed by atoms with E-state index in [0.29, 0.717) is 0 Å². The minimum absolute atomic E-state index is 0.325. The molecule has 2 heteroatoms. The minimum Gasteiger partial charge on any atom is -0.466 e. The van der Waals surface area contributed by atoms with E-state index in [0.717, 1.165) is 12.0 Å². The summed E-state index contributed by atoms with van der Waals surface area (Å²) < 4.78 is 4.53. The molecule has 0 unspecified atom stereocenters. The Morgan fingerprint density at radius 3 is 2.80 bits per heavy atom. The van der Waals surface area contributed by atoms with Gasteiger partial charge < -0.3 is 4.74 Å². The summed E-state index contributed by atoms with van der Waals surface area (Å²) in [7, 11) is 1.37. The van der Waals surface area contributed by atoms with Crippen molar-refractivity contribution in [2.75, 3.05) is 7.11 Å². The van der Waals surface area contributed by atoms with Crippen LogP contribution in [0.3, 0.4) is 0 Å². The van der Waals surface area contributed by atoms with Crippen LogP contribution in [0.15, 0.2) is 24.3 Å². The molecule has 80 valence electrons. The molecule has 0 N–H and O–H groups in total. The monoisotopic (exact) mass is 204 g/mol. The van der Waals surface area contributed by atoms with Crippen LogP contribution in [0.25, 0.3) is 6.08 Å². The molecule has 0 heterocycles. The number of hydrogen-bond donors (Lipinski definition) is 0. The fourth-order valence-electron chi connectivity index (χ4n) is 1.41. The molecule has 1 aromatic carbocycles. The standard InChI is InChI=1S/C13H16O2/c1-4-12-9-11(6-5-10(12)2)7-8-13(14)15-3/h5-9H,4H2,1-3H3/b8-7+. The molecule has 1 aromatic rings. The first-order valence-electron chi connectivity index (χ1n) is 5.03. The molecule has 0 fully saturated rings. The summed E-state index contributed by atoms with van der Waals surface area (Å²) in [5, 5.41) is 0. The lowest BCUT2D eigenvalue weighted by Crippen LogP contribution is -1.93. The number of hydrogen-bond acceptors (Lipinski definition) is 2. The van der Waals surface area contributed by atoms with Crippen LogP contribution in [0, 0.1) is 6.92 Å². The Morgan fingerprint density at radius 1 is 1.47 bits per heavy atom. The summed E-state index contributed by atoms with van der Waals surface area (Å²) in [6, 6.07) is 6.15. The second kappa shape index (κ2) is 5.35. The molecule has 0 aromatic heterocycles. The number of esters is 1. The molecule has 0 saturated heterocycles. The summed E-state index contributed by atoms with van der Waals surface area (Å²) in [6.45, 7) is 4.21. The first-order chi connectivity index (χ1) is 7.17. The molecule has 0 spiro atoms. The van der Waals surface area contributed by atoms with Gasteiger partial charge in [-0.05, 0) is 36.1 Å². The van der Waals surface area contributed by atoms with E-state index in [2.05, 4.69) is 30.7 Å². The zero-order valence-electron chi connectivity index (χ0n) is 9.41. The van der Waals surface area contributed by atoms with Crippen LogP contribution in [-0.4, -0.2) is 13.1 Å². The second-order valence-electron chi connectivity index (χ2n) is 3.40. The van der Waals surface area contributed by atoms with Crippen LogP contribution in [0.5, 0.6) is 0 Å². The number of benzene rings is 1. The van der Waals surface area contributed by atoms with Crippen molar-refractivity contribution in [2.24, 2.45) is 0 Å². The summed E-state index contributed by atoms with van der Waals surface area (Å²) >= 11 is 0. The predicted octanol–water partition coefficient (Wildman–Crippen LogP) is 2.74. The van der Waals surface area contributed by atoms with Gasteiger partial charge in [-0.25, -0.2) is 4.79 Å². The van der Waals surface area contributed by atoms with Crippen molar-refractivity contribution < 1.29 is 9.53 Å². The minimum atomic E-state index is -0.325. The number of methoxy groups -OCH3 is 1. The molecule has 0 saturated carbocycles. The quantitative estimate of drug-likeness (QED) is 0.559. The normalized spacial score (nSPS) is 10.6. The van der Waals surface area contributed by atoms with Gasteiger partial charge in [0.05, 0.1) is 7.11 Å². The lowest BCUT2D eigenvalue weighted by molar-refractivity contribution is -0.134.